The van der Waals surface area contributed by atoms with Crippen molar-refractivity contribution < 1.29 is 18.3 Å². The number of sulfonamides is 1. The van der Waals surface area contributed by atoms with Crippen LogP contribution in [-0.4, -0.2) is 46.7 Å². The van der Waals surface area contributed by atoms with E-state index < -0.39 is 16.0 Å². The van der Waals surface area contributed by atoms with E-state index in [9.17, 15) is 13.2 Å². The summed E-state index contributed by atoms with van der Waals surface area (Å²) in [5.74, 6) is -0.910. The molecule has 1 aromatic heterocycles. The minimum Gasteiger partial charge on any atom is -0.478 e. The molecule has 0 saturated carbocycles. The first-order valence-electron chi connectivity index (χ1n) is 8.13. The summed E-state index contributed by atoms with van der Waals surface area (Å²) in [5, 5.41) is 13.3. The average molecular weight is 363 g/mol. The molecular weight excluding hydrogens is 342 g/mol. The SMILES string of the molecule is Cc1cc(S(=O)(=O)N2CCC[C@H](c3ccc(C(=O)O)cc3)C2)n(C)n1. The summed E-state index contributed by atoms with van der Waals surface area (Å²) < 4.78 is 28.8. The van der Waals surface area contributed by atoms with Crippen LogP contribution in [0, 0.1) is 6.92 Å². The van der Waals surface area contributed by atoms with Crippen molar-refractivity contribution in [1.82, 2.24) is 14.1 Å². The molecule has 1 N–H and O–H groups in total. The number of carboxylic acids is 1. The van der Waals surface area contributed by atoms with Gasteiger partial charge in [-0.3, -0.25) is 4.68 Å². The molecule has 0 bridgehead atoms. The zero-order chi connectivity index (χ0) is 18.2. The smallest absolute Gasteiger partial charge is 0.335 e. The minimum absolute atomic E-state index is 0.0562. The lowest BCUT2D eigenvalue weighted by Crippen LogP contribution is -2.39. The molecule has 0 unspecified atom stereocenters. The maximum atomic E-state index is 12.9. The summed E-state index contributed by atoms with van der Waals surface area (Å²) in [5.41, 5.74) is 1.86. The van der Waals surface area contributed by atoms with Crippen LogP contribution >= 0.6 is 0 Å². The van der Waals surface area contributed by atoms with Gasteiger partial charge < -0.3 is 5.11 Å². The quantitative estimate of drug-likeness (QED) is 0.897. The number of hydrogen-bond acceptors (Lipinski definition) is 4. The highest BCUT2D eigenvalue weighted by molar-refractivity contribution is 7.89. The Hall–Kier alpha value is -2.19. The van der Waals surface area contributed by atoms with Gasteiger partial charge in [0.1, 0.15) is 0 Å². The molecule has 1 atom stereocenters. The normalized spacial score (nSPS) is 19.0. The lowest BCUT2D eigenvalue weighted by atomic mass is 9.91. The third kappa shape index (κ3) is 3.45. The van der Waals surface area contributed by atoms with Gasteiger partial charge >= 0.3 is 5.97 Å². The van der Waals surface area contributed by atoms with Crippen LogP contribution < -0.4 is 0 Å². The molecule has 1 fully saturated rings. The summed E-state index contributed by atoms with van der Waals surface area (Å²) in [6.45, 7) is 2.64. The summed E-state index contributed by atoms with van der Waals surface area (Å²) >= 11 is 0. The molecule has 2 aromatic rings. The number of piperidine rings is 1. The summed E-state index contributed by atoms with van der Waals surface area (Å²) in [4.78, 5) is 11.0. The van der Waals surface area contributed by atoms with Gasteiger partial charge in [-0.1, -0.05) is 12.1 Å². The molecule has 134 valence electrons. The van der Waals surface area contributed by atoms with Gasteiger partial charge in [0.2, 0.25) is 0 Å². The van der Waals surface area contributed by atoms with Crippen molar-refractivity contribution in [2.24, 2.45) is 7.05 Å². The highest BCUT2D eigenvalue weighted by Crippen LogP contribution is 2.30. The lowest BCUT2D eigenvalue weighted by molar-refractivity contribution is 0.0697. The van der Waals surface area contributed by atoms with Crippen molar-refractivity contribution in [3.8, 4) is 0 Å². The molecule has 1 aliphatic rings. The molecule has 25 heavy (non-hydrogen) atoms. The number of hydrogen-bond donors (Lipinski definition) is 1. The molecule has 8 heteroatoms. The molecular formula is C17H21N3O4S. The highest BCUT2D eigenvalue weighted by atomic mass is 32.2. The Labute approximate surface area is 146 Å². The molecule has 0 aliphatic carbocycles. The first kappa shape index (κ1) is 17.6. The molecule has 3 rings (SSSR count). The van der Waals surface area contributed by atoms with Crippen molar-refractivity contribution in [3.05, 3.63) is 47.2 Å². The van der Waals surface area contributed by atoms with Gasteiger partial charge in [0.25, 0.3) is 10.0 Å². The van der Waals surface area contributed by atoms with E-state index in [1.54, 1.807) is 44.3 Å². The predicted octanol–water partition coefficient (Wildman–Crippen LogP) is 2.00. The Bertz CT molecular complexity index is 887. The Kier molecular flexibility index (Phi) is 4.66. The van der Waals surface area contributed by atoms with Crippen LogP contribution in [0.25, 0.3) is 0 Å². The monoisotopic (exact) mass is 363 g/mol. The molecule has 2 heterocycles. The van der Waals surface area contributed by atoms with Gasteiger partial charge in [0, 0.05) is 20.1 Å². The Morgan fingerprint density at radius 1 is 1.28 bits per heavy atom. The van der Waals surface area contributed by atoms with Crippen LogP contribution in [0.2, 0.25) is 0 Å². The van der Waals surface area contributed by atoms with Gasteiger partial charge in [-0.05, 0) is 49.4 Å². The zero-order valence-corrected chi connectivity index (χ0v) is 15.0. The second kappa shape index (κ2) is 6.61. The second-order valence-corrected chi connectivity index (χ2v) is 8.26. The van der Waals surface area contributed by atoms with Crippen molar-refractivity contribution >= 4 is 16.0 Å². The second-order valence-electron chi connectivity index (χ2n) is 6.38. The van der Waals surface area contributed by atoms with E-state index in [0.29, 0.717) is 18.8 Å². The Balaban J connectivity index is 1.83. The van der Waals surface area contributed by atoms with Crippen molar-refractivity contribution in [3.63, 3.8) is 0 Å². The molecule has 0 radical (unpaired) electrons. The first-order valence-corrected chi connectivity index (χ1v) is 9.57. The van der Waals surface area contributed by atoms with Gasteiger partial charge in [-0.25, -0.2) is 13.2 Å². The number of rotatable bonds is 4. The number of benzene rings is 1. The first-order chi connectivity index (χ1) is 11.8. The molecule has 0 spiro atoms. The summed E-state index contributed by atoms with van der Waals surface area (Å²) in [6, 6.07) is 8.27. The molecule has 1 saturated heterocycles. The minimum atomic E-state index is -3.59. The van der Waals surface area contributed by atoms with Crippen LogP contribution in [-0.2, 0) is 17.1 Å². The number of aromatic carboxylic acids is 1. The van der Waals surface area contributed by atoms with E-state index >= 15 is 0 Å². The highest BCUT2D eigenvalue weighted by Gasteiger charge is 2.33. The number of carbonyl (C=O) groups is 1. The van der Waals surface area contributed by atoms with Crippen LogP contribution in [0.15, 0.2) is 35.4 Å². The van der Waals surface area contributed by atoms with Gasteiger partial charge in [-0.15, -0.1) is 0 Å². The fourth-order valence-electron chi connectivity index (χ4n) is 3.29. The third-order valence-corrected chi connectivity index (χ3v) is 6.50. The third-order valence-electron chi connectivity index (χ3n) is 4.58. The van der Waals surface area contributed by atoms with Crippen LogP contribution in [0.5, 0.6) is 0 Å². The van der Waals surface area contributed by atoms with Gasteiger partial charge in [0.15, 0.2) is 5.03 Å². The van der Waals surface area contributed by atoms with E-state index in [0.717, 1.165) is 18.4 Å². The largest absolute Gasteiger partial charge is 0.478 e. The molecule has 7 nitrogen and oxygen atoms in total. The van der Waals surface area contributed by atoms with Crippen LogP contribution in [0.3, 0.4) is 0 Å². The molecule has 1 aliphatic heterocycles. The summed E-state index contributed by atoms with van der Waals surface area (Å²) in [7, 11) is -1.96. The molecule has 0 amide bonds. The fraction of sp³-hybridized carbons (Fsp3) is 0.412. The van der Waals surface area contributed by atoms with Crippen molar-refractivity contribution in [2.75, 3.05) is 13.1 Å². The maximum absolute atomic E-state index is 12.9. The van der Waals surface area contributed by atoms with Crippen LogP contribution in [0.4, 0.5) is 0 Å². The number of aryl methyl sites for hydroxylation is 2. The Morgan fingerprint density at radius 2 is 1.96 bits per heavy atom. The lowest BCUT2D eigenvalue weighted by Gasteiger charge is -2.32. The van der Waals surface area contributed by atoms with E-state index in [-0.39, 0.29) is 16.5 Å². The Morgan fingerprint density at radius 3 is 2.52 bits per heavy atom. The average Bonchev–Trinajstić information content (AvgIpc) is 2.94. The van der Waals surface area contributed by atoms with Crippen molar-refractivity contribution in [2.45, 2.75) is 30.7 Å². The zero-order valence-electron chi connectivity index (χ0n) is 14.2. The fourth-order valence-corrected chi connectivity index (χ4v) is 5.00. The van der Waals surface area contributed by atoms with E-state index in [1.165, 1.54) is 8.99 Å². The van der Waals surface area contributed by atoms with E-state index in [1.807, 2.05) is 0 Å². The maximum Gasteiger partial charge on any atom is 0.335 e. The van der Waals surface area contributed by atoms with E-state index in [2.05, 4.69) is 5.10 Å². The van der Waals surface area contributed by atoms with Crippen molar-refractivity contribution in [1.29, 1.82) is 0 Å². The predicted molar refractivity (Wildman–Crippen MR) is 92.1 cm³/mol. The number of carboxylic acid groups (broad SMARTS) is 1. The standard InChI is InChI=1S/C17H21N3O4S/c1-12-10-16(19(2)18-12)25(23,24)20-9-3-4-15(11-20)13-5-7-14(8-6-13)17(21)22/h5-8,10,15H,3-4,9,11H2,1-2H3,(H,21,22)/t15-/m0/s1. The topological polar surface area (TPSA) is 92.5 Å². The molecule has 1 aromatic carbocycles. The van der Waals surface area contributed by atoms with Gasteiger partial charge in [0.05, 0.1) is 11.3 Å². The van der Waals surface area contributed by atoms with E-state index in [4.69, 9.17) is 5.11 Å². The van der Waals surface area contributed by atoms with Gasteiger partial charge in [-0.2, -0.15) is 9.40 Å². The number of nitrogens with zero attached hydrogens (tertiary/aromatic N) is 3. The number of aromatic nitrogens is 2. The summed E-state index contributed by atoms with van der Waals surface area (Å²) in [6.07, 6.45) is 1.64. The van der Waals surface area contributed by atoms with Crippen LogP contribution in [0.1, 0.15) is 40.4 Å².